The van der Waals surface area contributed by atoms with Gasteiger partial charge in [0.25, 0.3) is 0 Å². The minimum absolute atomic E-state index is 0.234. The normalized spacial score (nSPS) is 10.3. The van der Waals surface area contributed by atoms with Crippen molar-refractivity contribution in [3.05, 3.63) is 18.7 Å². The van der Waals surface area contributed by atoms with Gasteiger partial charge in [-0.25, -0.2) is 4.98 Å². The van der Waals surface area contributed by atoms with Crippen molar-refractivity contribution in [2.75, 3.05) is 13.1 Å². The van der Waals surface area contributed by atoms with Crippen LogP contribution in [0.4, 0.5) is 0 Å². The molecule has 0 bridgehead atoms. The lowest BCUT2D eigenvalue weighted by atomic mass is 10.3. The summed E-state index contributed by atoms with van der Waals surface area (Å²) in [6.07, 6.45) is 6.32. The Kier molecular flexibility index (Phi) is 4.71. The third kappa shape index (κ3) is 4.61. The number of nitrogens with zero attached hydrogens (tertiary/aromatic N) is 2. The zero-order valence-corrected chi connectivity index (χ0v) is 8.02. The van der Waals surface area contributed by atoms with Gasteiger partial charge in [0, 0.05) is 31.9 Å². The summed E-state index contributed by atoms with van der Waals surface area (Å²) in [7, 11) is 0. The van der Waals surface area contributed by atoms with Crippen LogP contribution in [0, 0.1) is 0 Å². The highest BCUT2D eigenvalue weighted by atomic mass is 16.4. The summed E-state index contributed by atoms with van der Waals surface area (Å²) in [6.45, 7) is 2.46. The highest BCUT2D eigenvalue weighted by molar-refractivity contribution is 5.66. The highest BCUT2D eigenvalue weighted by Gasteiger charge is 1.95. The van der Waals surface area contributed by atoms with Crippen molar-refractivity contribution in [2.24, 2.45) is 0 Å². The van der Waals surface area contributed by atoms with Gasteiger partial charge in [-0.1, -0.05) is 0 Å². The number of hydrogen-bond donors (Lipinski definition) is 2. The Morgan fingerprint density at radius 2 is 2.36 bits per heavy atom. The molecule has 1 rings (SSSR count). The zero-order chi connectivity index (χ0) is 10.2. The van der Waals surface area contributed by atoms with Crippen molar-refractivity contribution in [3.63, 3.8) is 0 Å². The summed E-state index contributed by atoms with van der Waals surface area (Å²) < 4.78 is 1.98. The number of carboxylic acid groups (broad SMARTS) is 1. The van der Waals surface area contributed by atoms with Gasteiger partial charge in [-0.15, -0.1) is 0 Å². The maximum Gasteiger partial charge on any atom is 0.303 e. The summed E-state index contributed by atoms with van der Waals surface area (Å²) in [5, 5.41) is 11.5. The molecule has 0 aromatic carbocycles. The maximum absolute atomic E-state index is 10.2. The predicted molar refractivity (Wildman–Crippen MR) is 52.0 cm³/mol. The van der Waals surface area contributed by atoms with Crippen LogP contribution in [-0.4, -0.2) is 33.7 Å². The molecular weight excluding hydrogens is 182 g/mol. The lowest BCUT2D eigenvalue weighted by Crippen LogP contribution is -2.21. The molecule has 1 aromatic rings. The van der Waals surface area contributed by atoms with Crippen molar-refractivity contribution >= 4 is 5.97 Å². The molecule has 1 aromatic heterocycles. The van der Waals surface area contributed by atoms with Crippen LogP contribution < -0.4 is 5.32 Å². The first-order valence-electron chi connectivity index (χ1n) is 4.67. The van der Waals surface area contributed by atoms with Crippen LogP contribution in [-0.2, 0) is 11.3 Å². The molecule has 0 amide bonds. The molecule has 14 heavy (non-hydrogen) atoms. The van der Waals surface area contributed by atoms with E-state index in [1.54, 1.807) is 12.5 Å². The fourth-order valence-corrected chi connectivity index (χ4v) is 1.12. The number of imidazole rings is 1. The molecule has 0 unspecified atom stereocenters. The first-order valence-corrected chi connectivity index (χ1v) is 4.67. The van der Waals surface area contributed by atoms with Crippen LogP contribution in [0.25, 0.3) is 0 Å². The molecule has 0 fully saturated rings. The zero-order valence-electron chi connectivity index (χ0n) is 8.02. The number of rotatable bonds is 7. The Balaban J connectivity index is 1.92. The maximum atomic E-state index is 10.2. The van der Waals surface area contributed by atoms with E-state index in [4.69, 9.17) is 5.11 Å². The summed E-state index contributed by atoms with van der Waals surface area (Å²) in [5.41, 5.74) is 0. The van der Waals surface area contributed by atoms with E-state index in [0.717, 1.165) is 19.6 Å². The SMILES string of the molecule is O=C(O)CCCNCCn1ccnc1. The average molecular weight is 197 g/mol. The van der Waals surface area contributed by atoms with Crippen LogP contribution in [0.2, 0.25) is 0 Å². The summed E-state index contributed by atoms with van der Waals surface area (Å²) in [5.74, 6) is -0.735. The van der Waals surface area contributed by atoms with Crippen molar-refractivity contribution in [1.82, 2.24) is 14.9 Å². The van der Waals surface area contributed by atoms with Crippen molar-refractivity contribution in [3.8, 4) is 0 Å². The molecule has 0 radical (unpaired) electrons. The van der Waals surface area contributed by atoms with E-state index in [1.165, 1.54) is 0 Å². The highest BCUT2D eigenvalue weighted by Crippen LogP contribution is 1.87. The Morgan fingerprint density at radius 1 is 1.50 bits per heavy atom. The molecular formula is C9H15N3O2. The molecule has 5 heteroatoms. The van der Waals surface area contributed by atoms with Gasteiger partial charge < -0.3 is 15.0 Å². The van der Waals surface area contributed by atoms with E-state index in [-0.39, 0.29) is 6.42 Å². The second-order valence-electron chi connectivity index (χ2n) is 3.05. The summed E-state index contributed by atoms with van der Waals surface area (Å²) >= 11 is 0. The smallest absolute Gasteiger partial charge is 0.303 e. The van der Waals surface area contributed by atoms with Crippen molar-refractivity contribution in [1.29, 1.82) is 0 Å². The van der Waals surface area contributed by atoms with Gasteiger partial charge in [-0.2, -0.15) is 0 Å². The number of hydrogen-bond acceptors (Lipinski definition) is 3. The van der Waals surface area contributed by atoms with Gasteiger partial charge in [-0.3, -0.25) is 4.79 Å². The number of carbonyl (C=O) groups is 1. The second kappa shape index (κ2) is 6.15. The topological polar surface area (TPSA) is 67.2 Å². The van der Waals surface area contributed by atoms with E-state index < -0.39 is 5.97 Å². The Hall–Kier alpha value is -1.36. The Bertz CT molecular complexity index is 259. The van der Waals surface area contributed by atoms with Crippen LogP contribution >= 0.6 is 0 Å². The van der Waals surface area contributed by atoms with Gasteiger partial charge in [0.2, 0.25) is 0 Å². The summed E-state index contributed by atoms with van der Waals surface area (Å²) in [4.78, 5) is 14.1. The third-order valence-electron chi connectivity index (χ3n) is 1.85. The molecule has 0 aliphatic heterocycles. The molecule has 2 N–H and O–H groups in total. The Labute approximate surface area is 82.8 Å². The molecule has 0 aliphatic rings. The summed E-state index contributed by atoms with van der Waals surface area (Å²) in [6, 6.07) is 0. The molecule has 78 valence electrons. The standard InChI is InChI=1S/C9H15N3O2/c13-9(14)2-1-3-10-4-6-12-7-5-11-8-12/h5,7-8,10H,1-4,6H2,(H,13,14). The largest absolute Gasteiger partial charge is 0.481 e. The quantitative estimate of drug-likeness (QED) is 0.618. The van der Waals surface area contributed by atoms with Gasteiger partial charge in [0.1, 0.15) is 0 Å². The van der Waals surface area contributed by atoms with Gasteiger partial charge in [-0.05, 0) is 13.0 Å². The van der Waals surface area contributed by atoms with Gasteiger partial charge >= 0.3 is 5.97 Å². The predicted octanol–water partition coefficient (Wildman–Crippen LogP) is 0.337. The molecule has 0 aliphatic carbocycles. The monoisotopic (exact) mass is 197 g/mol. The Morgan fingerprint density at radius 3 is 3.00 bits per heavy atom. The molecule has 0 saturated heterocycles. The van der Waals surface area contributed by atoms with E-state index in [2.05, 4.69) is 10.3 Å². The number of nitrogens with one attached hydrogen (secondary N) is 1. The van der Waals surface area contributed by atoms with Gasteiger partial charge in [0.05, 0.1) is 6.33 Å². The third-order valence-corrected chi connectivity index (χ3v) is 1.85. The molecule has 5 nitrogen and oxygen atoms in total. The molecule has 0 spiro atoms. The lowest BCUT2D eigenvalue weighted by molar-refractivity contribution is -0.137. The fourth-order valence-electron chi connectivity index (χ4n) is 1.12. The van der Waals surface area contributed by atoms with Crippen molar-refractivity contribution in [2.45, 2.75) is 19.4 Å². The van der Waals surface area contributed by atoms with Crippen LogP contribution in [0.3, 0.4) is 0 Å². The lowest BCUT2D eigenvalue weighted by Gasteiger charge is -2.03. The number of carboxylic acids is 1. The van der Waals surface area contributed by atoms with E-state index in [9.17, 15) is 4.79 Å². The van der Waals surface area contributed by atoms with Crippen LogP contribution in [0.15, 0.2) is 18.7 Å². The fraction of sp³-hybridized carbons (Fsp3) is 0.556. The first-order chi connectivity index (χ1) is 6.79. The number of aromatic nitrogens is 2. The van der Waals surface area contributed by atoms with Crippen LogP contribution in [0.1, 0.15) is 12.8 Å². The minimum Gasteiger partial charge on any atom is -0.481 e. The van der Waals surface area contributed by atoms with E-state index in [1.807, 2.05) is 10.8 Å². The average Bonchev–Trinajstić information content (AvgIpc) is 2.63. The molecule has 0 saturated carbocycles. The van der Waals surface area contributed by atoms with E-state index in [0.29, 0.717) is 6.42 Å². The van der Waals surface area contributed by atoms with E-state index >= 15 is 0 Å². The minimum atomic E-state index is -0.735. The van der Waals surface area contributed by atoms with Crippen molar-refractivity contribution < 1.29 is 9.90 Å². The molecule has 0 atom stereocenters. The molecule has 1 heterocycles. The van der Waals surface area contributed by atoms with Crippen LogP contribution in [0.5, 0.6) is 0 Å². The van der Waals surface area contributed by atoms with Gasteiger partial charge in [0.15, 0.2) is 0 Å². The number of aliphatic carboxylic acids is 1. The second-order valence-corrected chi connectivity index (χ2v) is 3.05. The first kappa shape index (κ1) is 10.7.